The third-order valence-corrected chi connectivity index (χ3v) is 8.18. The summed E-state index contributed by atoms with van der Waals surface area (Å²) in [6, 6.07) is 7.30. The average Bonchev–Trinajstić information content (AvgIpc) is 2.97. The van der Waals surface area contributed by atoms with E-state index in [2.05, 4.69) is 16.5 Å². The van der Waals surface area contributed by atoms with Crippen molar-refractivity contribution >= 4 is 44.2 Å². The zero-order chi connectivity index (χ0) is 22.2. The summed E-state index contributed by atoms with van der Waals surface area (Å²) in [6.45, 7) is 6.20. The van der Waals surface area contributed by atoms with Gasteiger partial charge in [-0.25, -0.2) is 9.97 Å². The predicted molar refractivity (Wildman–Crippen MR) is 132 cm³/mol. The van der Waals surface area contributed by atoms with Gasteiger partial charge in [0.05, 0.1) is 21.5 Å². The highest BCUT2D eigenvalue weighted by atomic mass is 32.2. The Bertz CT molecular complexity index is 1450. The Kier molecular flexibility index (Phi) is 5.73. The van der Waals surface area contributed by atoms with Gasteiger partial charge in [0.1, 0.15) is 10.7 Å². The minimum Gasteiger partial charge on any atom is -0.309 e. The summed E-state index contributed by atoms with van der Waals surface area (Å²) >= 11 is 3.10. The van der Waals surface area contributed by atoms with E-state index < -0.39 is 0 Å². The second kappa shape index (κ2) is 8.67. The molecule has 1 N–H and O–H groups in total. The standard InChI is InChI=1S/C24H24N4O2S2/c1-3-13-28-23(30)19-16-10-5-4-6-12-18(16)32-22(19)27-24(28)31-14(2)20-25-17-11-8-7-9-15(17)21(29)26-20/h3,7-9,11,14H,1,4-6,10,12-13H2,2H3,(H,25,26,29). The second-order valence-electron chi connectivity index (χ2n) is 8.07. The van der Waals surface area contributed by atoms with Crippen molar-refractivity contribution in [3.8, 4) is 0 Å². The fourth-order valence-corrected chi connectivity index (χ4v) is 6.57. The zero-order valence-corrected chi connectivity index (χ0v) is 19.5. The first-order chi connectivity index (χ1) is 15.6. The molecule has 3 heterocycles. The van der Waals surface area contributed by atoms with Crippen molar-refractivity contribution in [3.63, 3.8) is 0 Å². The molecule has 1 aliphatic rings. The molecular weight excluding hydrogens is 440 g/mol. The quantitative estimate of drug-likeness (QED) is 0.194. The zero-order valence-electron chi connectivity index (χ0n) is 17.9. The molecule has 5 rings (SSSR count). The van der Waals surface area contributed by atoms with E-state index >= 15 is 0 Å². The Morgan fingerprint density at radius 3 is 2.88 bits per heavy atom. The van der Waals surface area contributed by atoms with Gasteiger partial charge in [-0.1, -0.05) is 36.4 Å². The molecule has 1 aromatic carbocycles. The van der Waals surface area contributed by atoms with E-state index in [0.717, 1.165) is 29.5 Å². The number of rotatable bonds is 5. The van der Waals surface area contributed by atoms with Crippen LogP contribution in [0.5, 0.6) is 0 Å². The van der Waals surface area contributed by atoms with Gasteiger partial charge in [-0.2, -0.15) is 0 Å². The van der Waals surface area contributed by atoms with Crippen molar-refractivity contribution in [1.82, 2.24) is 19.5 Å². The van der Waals surface area contributed by atoms with Crippen molar-refractivity contribution < 1.29 is 0 Å². The maximum absolute atomic E-state index is 13.5. The lowest BCUT2D eigenvalue weighted by Gasteiger charge is -2.15. The summed E-state index contributed by atoms with van der Waals surface area (Å²) in [6.07, 6.45) is 7.20. The lowest BCUT2D eigenvalue weighted by Crippen LogP contribution is -2.23. The number of thiophene rings is 1. The molecule has 32 heavy (non-hydrogen) atoms. The van der Waals surface area contributed by atoms with E-state index in [4.69, 9.17) is 4.98 Å². The monoisotopic (exact) mass is 464 g/mol. The molecule has 6 nitrogen and oxygen atoms in total. The summed E-state index contributed by atoms with van der Waals surface area (Å²) in [4.78, 5) is 40.6. The first-order valence-corrected chi connectivity index (χ1v) is 12.6. The fourth-order valence-electron chi connectivity index (χ4n) is 4.29. The third-order valence-electron chi connectivity index (χ3n) is 5.90. The Labute approximate surface area is 193 Å². The smallest absolute Gasteiger partial charge is 0.263 e. The number of aromatic nitrogens is 4. The van der Waals surface area contributed by atoms with Crippen molar-refractivity contribution in [1.29, 1.82) is 0 Å². The molecule has 1 unspecified atom stereocenters. The van der Waals surface area contributed by atoms with Crippen LogP contribution >= 0.6 is 23.1 Å². The minimum absolute atomic E-state index is 0.00367. The van der Waals surface area contributed by atoms with Gasteiger partial charge in [-0.3, -0.25) is 14.2 Å². The summed E-state index contributed by atoms with van der Waals surface area (Å²) < 4.78 is 1.70. The molecular formula is C24H24N4O2S2. The molecule has 0 radical (unpaired) electrons. The Balaban J connectivity index is 1.59. The van der Waals surface area contributed by atoms with Crippen LogP contribution in [0.3, 0.4) is 0 Å². The number of nitrogens with one attached hydrogen (secondary N) is 1. The molecule has 0 bridgehead atoms. The van der Waals surface area contributed by atoms with Crippen LogP contribution in [0, 0.1) is 0 Å². The van der Waals surface area contributed by atoms with Crippen LogP contribution < -0.4 is 11.1 Å². The first-order valence-electron chi connectivity index (χ1n) is 10.9. The lowest BCUT2D eigenvalue weighted by atomic mass is 10.1. The molecule has 1 atom stereocenters. The van der Waals surface area contributed by atoms with Gasteiger partial charge in [0.2, 0.25) is 0 Å². The highest BCUT2D eigenvalue weighted by Crippen LogP contribution is 2.36. The largest absolute Gasteiger partial charge is 0.309 e. The van der Waals surface area contributed by atoms with Crippen LogP contribution in [0.15, 0.2) is 51.7 Å². The number of para-hydroxylation sites is 1. The van der Waals surface area contributed by atoms with E-state index in [1.807, 2.05) is 25.1 Å². The molecule has 4 aromatic rings. The van der Waals surface area contributed by atoms with Crippen LogP contribution in [0.4, 0.5) is 0 Å². The first kappa shape index (κ1) is 21.2. The molecule has 0 fully saturated rings. The molecule has 0 saturated heterocycles. The molecule has 0 aliphatic heterocycles. The molecule has 3 aromatic heterocycles. The molecule has 1 aliphatic carbocycles. The molecule has 8 heteroatoms. The van der Waals surface area contributed by atoms with E-state index in [1.54, 1.807) is 28.0 Å². The van der Waals surface area contributed by atoms with Gasteiger partial charge in [0, 0.05) is 11.4 Å². The maximum Gasteiger partial charge on any atom is 0.263 e. The lowest BCUT2D eigenvalue weighted by molar-refractivity contribution is 0.669. The van der Waals surface area contributed by atoms with Crippen molar-refractivity contribution in [2.75, 3.05) is 0 Å². The van der Waals surface area contributed by atoms with Gasteiger partial charge >= 0.3 is 0 Å². The van der Waals surface area contributed by atoms with E-state index in [1.165, 1.54) is 35.0 Å². The number of aryl methyl sites for hydroxylation is 2. The topological polar surface area (TPSA) is 80.6 Å². The summed E-state index contributed by atoms with van der Waals surface area (Å²) in [5, 5.41) is 1.78. The van der Waals surface area contributed by atoms with E-state index in [-0.39, 0.29) is 16.4 Å². The number of fused-ring (bicyclic) bond motifs is 4. The Hall–Kier alpha value is -2.71. The number of aromatic amines is 1. The number of hydrogen-bond acceptors (Lipinski definition) is 6. The number of allylic oxidation sites excluding steroid dienone is 1. The SMILES string of the molecule is C=CCn1c(SC(C)c2nc3ccccc3c(=O)[nH]2)nc2sc3c(c2c1=O)CCCCC3. The molecule has 164 valence electrons. The number of nitrogens with zero attached hydrogens (tertiary/aromatic N) is 3. The second-order valence-corrected chi connectivity index (χ2v) is 10.5. The fraction of sp³-hybridized carbons (Fsp3) is 0.333. The van der Waals surface area contributed by atoms with Gasteiger partial charge < -0.3 is 4.98 Å². The number of thioether (sulfide) groups is 1. The van der Waals surface area contributed by atoms with E-state index in [0.29, 0.717) is 28.4 Å². The summed E-state index contributed by atoms with van der Waals surface area (Å²) in [7, 11) is 0. The maximum atomic E-state index is 13.5. The minimum atomic E-state index is -0.189. The molecule has 0 amide bonds. The van der Waals surface area contributed by atoms with Gasteiger partial charge in [0.25, 0.3) is 11.1 Å². The predicted octanol–water partition coefficient (Wildman–Crippen LogP) is 5.00. The molecule has 0 spiro atoms. The number of hydrogen-bond donors (Lipinski definition) is 1. The van der Waals surface area contributed by atoms with Crippen LogP contribution in [-0.4, -0.2) is 19.5 Å². The highest BCUT2D eigenvalue weighted by Gasteiger charge is 2.23. The van der Waals surface area contributed by atoms with Gasteiger partial charge in [-0.05, 0) is 50.3 Å². The Morgan fingerprint density at radius 1 is 1.22 bits per heavy atom. The van der Waals surface area contributed by atoms with Crippen LogP contribution in [0.25, 0.3) is 21.1 Å². The molecule has 0 saturated carbocycles. The highest BCUT2D eigenvalue weighted by molar-refractivity contribution is 7.99. The number of benzene rings is 1. The normalized spacial score (nSPS) is 14.9. The average molecular weight is 465 g/mol. The number of H-pyrrole nitrogens is 1. The van der Waals surface area contributed by atoms with E-state index in [9.17, 15) is 9.59 Å². The van der Waals surface area contributed by atoms with Gasteiger partial charge in [-0.15, -0.1) is 17.9 Å². The van der Waals surface area contributed by atoms with Crippen molar-refractivity contribution in [2.24, 2.45) is 0 Å². The summed E-state index contributed by atoms with van der Waals surface area (Å²) in [5.41, 5.74) is 1.70. The van der Waals surface area contributed by atoms with Crippen LogP contribution in [-0.2, 0) is 19.4 Å². The van der Waals surface area contributed by atoms with Crippen molar-refractivity contribution in [3.05, 3.63) is 73.9 Å². The third kappa shape index (κ3) is 3.71. The van der Waals surface area contributed by atoms with Crippen LogP contribution in [0.1, 0.15) is 47.7 Å². The Morgan fingerprint density at radius 2 is 2.03 bits per heavy atom. The van der Waals surface area contributed by atoms with Gasteiger partial charge in [0.15, 0.2) is 5.16 Å². The van der Waals surface area contributed by atoms with Crippen LogP contribution in [0.2, 0.25) is 0 Å². The summed E-state index contributed by atoms with van der Waals surface area (Å²) in [5.74, 6) is 0.570. The van der Waals surface area contributed by atoms with Crippen molar-refractivity contribution in [2.45, 2.75) is 56.0 Å².